The van der Waals surface area contributed by atoms with Crippen LogP contribution < -0.4 is 10.0 Å². The number of carbonyl (C=O) groups is 1. The van der Waals surface area contributed by atoms with E-state index in [0.717, 1.165) is 30.9 Å². The largest absolute Gasteiger partial charge is 0.312 e. The fourth-order valence-corrected chi connectivity index (χ4v) is 5.05. The maximum Gasteiger partial charge on any atom is 0.240 e. The van der Waals surface area contributed by atoms with Gasteiger partial charge < -0.3 is 5.32 Å². The number of aryl methyl sites for hydroxylation is 1. The maximum atomic E-state index is 12.5. The van der Waals surface area contributed by atoms with Crippen LogP contribution in [-0.4, -0.2) is 33.3 Å². The Morgan fingerprint density at radius 2 is 2.00 bits per heavy atom. The lowest BCUT2D eigenvalue weighted by Gasteiger charge is -2.19. The smallest absolute Gasteiger partial charge is 0.240 e. The minimum Gasteiger partial charge on any atom is -0.312 e. The molecular formula is C17H22N2O3S. The Morgan fingerprint density at radius 3 is 2.78 bits per heavy atom. The summed E-state index contributed by atoms with van der Waals surface area (Å²) in [7, 11) is -3.56. The molecule has 3 aliphatic rings. The van der Waals surface area contributed by atoms with Crippen molar-refractivity contribution in [3.8, 4) is 0 Å². The second kappa shape index (κ2) is 5.69. The number of nitrogens with one attached hydrogen (secondary N) is 2. The molecule has 0 aromatic heterocycles. The number of Topliss-reactive ketones (excluding diaryl/α,β-unsaturated/α-hetero) is 1. The van der Waals surface area contributed by atoms with Gasteiger partial charge in [0.25, 0.3) is 0 Å². The molecule has 1 saturated heterocycles. The minimum absolute atomic E-state index is 0.0447. The zero-order chi connectivity index (χ0) is 16.0. The number of sulfonamides is 1. The number of benzene rings is 1. The third-order valence-corrected chi connectivity index (χ3v) is 6.86. The molecule has 1 aliphatic heterocycles. The number of ketones is 1. The lowest BCUT2D eigenvalue weighted by molar-refractivity contribution is 0.0994. The first kappa shape index (κ1) is 15.3. The van der Waals surface area contributed by atoms with Crippen LogP contribution in [0, 0.1) is 11.8 Å². The molecule has 124 valence electrons. The van der Waals surface area contributed by atoms with Crippen molar-refractivity contribution < 1.29 is 13.2 Å². The second-order valence-electron chi connectivity index (χ2n) is 6.94. The highest BCUT2D eigenvalue weighted by atomic mass is 32.2. The minimum atomic E-state index is -3.56. The topological polar surface area (TPSA) is 75.3 Å². The van der Waals surface area contributed by atoms with Gasteiger partial charge in [-0.05, 0) is 61.8 Å². The van der Waals surface area contributed by atoms with E-state index in [1.54, 1.807) is 12.1 Å². The fraction of sp³-hybridized carbons (Fsp3) is 0.588. The lowest BCUT2D eigenvalue weighted by Crippen LogP contribution is -2.41. The standard InChI is InChI=1S/C17H22N2O3S/c20-17-6-4-12-3-5-13(9-15(12)17)23(21,22)19-10-16-14(7-8-18-16)11-1-2-11/h3,5,9,11,14,16,18-19H,1-2,4,6-8,10H2. The first-order valence-corrected chi connectivity index (χ1v) is 9.92. The van der Waals surface area contributed by atoms with Gasteiger partial charge in [0.15, 0.2) is 5.78 Å². The van der Waals surface area contributed by atoms with E-state index in [2.05, 4.69) is 10.0 Å². The van der Waals surface area contributed by atoms with Crippen LogP contribution in [0.3, 0.4) is 0 Å². The van der Waals surface area contributed by atoms with Crippen LogP contribution in [0.5, 0.6) is 0 Å². The molecule has 23 heavy (non-hydrogen) atoms. The SMILES string of the molecule is O=C1CCc2ccc(S(=O)(=O)NCC3NCCC3C3CC3)cc21. The molecule has 1 heterocycles. The number of rotatable bonds is 5. The molecule has 1 saturated carbocycles. The summed E-state index contributed by atoms with van der Waals surface area (Å²) in [5, 5.41) is 3.42. The van der Waals surface area contributed by atoms with E-state index in [-0.39, 0.29) is 16.7 Å². The molecule has 4 rings (SSSR count). The Bertz CT molecular complexity index is 740. The molecule has 2 fully saturated rings. The summed E-state index contributed by atoms with van der Waals surface area (Å²) in [5.74, 6) is 1.42. The predicted molar refractivity (Wildman–Crippen MR) is 86.9 cm³/mol. The van der Waals surface area contributed by atoms with Crippen molar-refractivity contribution >= 4 is 15.8 Å². The average Bonchev–Trinajstić information content (AvgIpc) is 3.16. The van der Waals surface area contributed by atoms with Gasteiger partial charge in [-0.3, -0.25) is 4.79 Å². The van der Waals surface area contributed by atoms with Gasteiger partial charge >= 0.3 is 0 Å². The molecule has 2 atom stereocenters. The molecule has 2 unspecified atom stereocenters. The summed E-state index contributed by atoms with van der Waals surface area (Å²) >= 11 is 0. The summed E-state index contributed by atoms with van der Waals surface area (Å²) in [6, 6.07) is 5.15. The quantitative estimate of drug-likeness (QED) is 0.855. The molecule has 6 heteroatoms. The average molecular weight is 334 g/mol. The number of hydrogen-bond donors (Lipinski definition) is 2. The van der Waals surface area contributed by atoms with Crippen molar-refractivity contribution in [3.63, 3.8) is 0 Å². The molecule has 2 N–H and O–H groups in total. The molecule has 0 amide bonds. The van der Waals surface area contributed by atoms with Crippen molar-refractivity contribution in [2.45, 2.75) is 43.0 Å². The van der Waals surface area contributed by atoms with Crippen LogP contribution in [0.25, 0.3) is 0 Å². The van der Waals surface area contributed by atoms with Crippen LogP contribution in [0.4, 0.5) is 0 Å². The van der Waals surface area contributed by atoms with Crippen LogP contribution in [0.1, 0.15) is 41.6 Å². The van der Waals surface area contributed by atoms with E-state index >= 15 is 0 Å². The Balaban J connectivity index is 1.47. The zero-order valence-corrected chi connectivity index (χ0v) is 13.9. The monoisotopic (exact) mass is 334 g/mol. The zero-order valence-electron chi connectivity index (χ0n) is 13.0. The van der Waals surface area contributed by atoms with Crippen molar-refractivity contribution in [2.75, 3.05) is 13.1 Å². The molecule has 0 bridgehead atoms. The van der Waals surface area contributed by atoms with Crippen molar-refractivity contribution in [3.05, 3.63) is 29.3 Å². The van der Waals surface area contributed by atoms with Gasteiger partial charge in [0.05, 0.1) is 4.90 Å². The van der Waals surface area contributed by atoms with E-state index in [4.69, 9.17) is 0 Å². The van der Waals surface area contributed by atoms with E-state index in [1.165, 1.54) is 18.9 Å². The van der Waals surface area contributed by atoms with Crippen molar-refractivity contribution in [1.29, 1.82) is 0 Å². The third-order valence-electron chi connectivity index (χ3n) is 5.44. The van der Waals surface area contributed by atoms with Crippen molar-refractivity contribution in [2.24, 2.45) is 11.8 Å². The summed E-state index contributed by atoms with van der Waals surface area (Å²) in [4.78, 5) is 12.0. The first-order valence-electron chi connectivity index (χ1n) is 8.44. The number of carbonyl (C=O) groups excluding carboxylic acids is 1. The molecule has 0 radical (unpaired) electrons. The number of hydrogen-bond acceptors (Lipinski definition) is 4. The summed E-state index contributed by atoms with van der Waals surface area (Å²) < 4.78 is 27.8. The van der Waals surface area contributed by atoms with Crippen molar-refractivity contribution in [1.82, 2.24) is 10.0 Å². The lowest BCUT2D eigenvalue weighted by atomic mass is 9.95. The van der Waals surface area contributed by atoms with E-state index < -0.39 is 10.0 Å². The van der Waals surface area contributed by atoms with Crippen LogP contribution in [0.15, 0.2) is 23.1 Å². The first-order chi connectivity index (χ1) is 11.0. The van der Waals surface area contributed by atoms with Gasteiger partial charge in [0.1, 0.15) is 0 Å². The molecule has 0 spiro atoms. The van der Waals surface area contributed by atoms with Gasteiger partial charge in [-0.15, -0.1) is 0 Å². The Labute approximate surface area is 136 Å². The number of fused-ring (bicyclic) bond motifs is 1. The van der Waals surface area contributed by atoms with Crippen LogP contribution >= 0.6 is 0 Å². The van der Waals surface area contributed by atoms with Gasteiger partial charge in [0, 0.05) is 24.6 Å². The fourth-order valence-electron chi connectivity index (χ4n) is 3.97. The summed E-state index contributed by atoms with van der Waals surface area (Å²) in [6.07, 6.45) is 4.91. The Morgan fingerprint density at radius 1 is 1.17 bits per heavy atom. The maximum absolute atomic E-state index is 12.5. The van der Waals surface area contributed by atoms with Gasteiger partial charge in [-0.2, -0.15) is 0 Å². The molecule has 2 aliphatic carbocycles. The Hall–Kier alpha value is -1.24. The second-order valence-corrected chi connectivity index (χ2v) is 8.71. The molecule has 1 aromatic carbocycles. The Kier molecular flexibility index (Phi) is 3.78. The molecule has 1 aromatic rings. The van der Waals surface area contributed by atoms with E-state index in [0.29, 0.717) is 24.4 Å². The highest BCUT2D eigenvalue weighted by Gasteiger charge is 2.39. The summed E-state index contributed by atoms with van der Waals surface area (Å²) in [5.41, 5.74) is 1.53. The van der Waals surface area contributed by atoms with Crippen LogP contribution in [0.2, 0.25) is 0 Å². The normalized spacial score (nSPS) is 27.4. The van der Waals surface area contributed by atoms with Gasteiger partial charge in [0.2, 0.25) is 10.0 Å². The third kappa shape index (κ3) is 2.95. The molecule has 5 nitrogen and oxygen atoms in total. The van der Waals surface area contributed by atoms with Gasteiger partial charge in [-0.25, -0.2) is 13.1 Å². The highest BCUT2D eigenvalue weighted by Crippen LogP contribution is 2.41. The van der Waals surface area contributed by atoms with Crippen LogP contribution in [-0.2, 0) is 16.4 Å². The molecular weight excluding hydrogens is 312 g/mol. The van der Waals surface area contributed by atoms with E-state index in [9.17, 15) is 13.2 Å². The van der Waals surface area contributed by atoms with Gasteiger partial charge in [-0.1, -0.05) is 6.07 Å². The predicted octanol–water partition coefficient (Wildman–Crippen LogP) is 1.48. The van der Waals surface area contributed by atoms with E-state index in [1.807, 2.05) is 0 Å². The highest BCUT2D eigenvalue weighted by molar-refractivity contribution is 7.89. The summed E-state index contributed by atoms with van der Waals surface area (Å²) in [6.45, 7) is 1.40.